The van der Waals surface area contributed by atoms with Crippen LogP contribution in [0.5, 0.6) is 0 Å². The van der Waals surface area contributed by atoms with E-state index in [0.29, 0.717) is 17.9 Å². The molecule has 82 valence electrons. The molecule has 1 aliphatic heterocycles. The van der Waals surface area contributed by atoms with Gasteiger partial charge in [0.15, 0.2) is 0 Å². The minimum absolute atomic E-state index is 0.00227. The van der Waals surface area contributed by atoms with Gasteiger partial charge in [0.05, 0.1) is 4.83 Å². The molecule has 0 saturated carbocycles. The fraction of sp³-hybridized carbons (Fsp3) is 0.909. The van der Waals surface area contributed by atoms with E-state index in [4.69, 9.17) is 0 Å². The Morgan fingerprint density at radius 3 is 2.43 bits per heavy atom. The zero-order valence-electron chi connectivity index (χ0n) is 9.46. The van der Waals surface area contributed by atoms with Crippen molar-refractivity contribution in [3.05, 3.63) is 0 Å². The minimum atomic E-state index is 0.00227. The third-order valence-corrected chi connectivity index (χ3v) is 4.58. The zero-order chi connectivity index (χ0) is 10.9. The third-order valence-electron chi connectivity index (χ3n) is 3.54. The van der Waals surface area contributed by atoms with Crippen LogP contribution in [0.15, 0.2) is 0 Å². The molecular formula is C11H20BrNO. The quantitative estimate of drug-likeness (QED) is 0.700. The fourth-order valence-corrected chi connectivity index (χ4v) is 2.31. The first-order valence-corrected chi connectivity index (χ1v) is 6.35. The largest absolute Gasteiger partial charge is 0.338 e. The standard InChI is InChI=1S/C11H20BrNO/c1-5-10(12)11(14)13-6-7(2)8(3)9(13)4/h7-10H,5-6H2,1-4H3. The summed E-state index contributed by atoms with van der Waals surface area (Å²) in [6.07, 6.45) is 0.866. The monoisotopic (exact) mass is 261 g/mol. The molecule has 1 aliphatic rings. The molecule has 2 nitrogen and oxygen atoms in total. The van der Waals surface area contributed by atoms with Crippen molar-refractivity contribution in [2.24, 2.45) is 11.8 Å². The van der Waals surface area contributed by atoms with Gasteiger partial charge < -0.3 is 4.90 Å². The third kappa shape index (κ3) is 2.13. The van der Waals surface area contributed by atoms with Gasteiger partial charge in [0.25, 0.3) is 0 Å². The van der Waals surface area contributed by atoms with Crippen molar-refractivity contribution in [2.45, 2.75) is 45.0 Å². The molecule has 3 heteroatoms. The molecule has 1 amide bonds. The van der Waals surface area contributed by atoms with E-state index in [9.17, 15) is 4.79 Å². The van der Waals surface area contributed by atoms with E-state index in [1.54, 1.807) is 0 Å². The Bertz CT molecular complexity index is 219. The van der Waals surface area contributed by atoms with Gasteiger partial charge in [-0.25, -0.2) is 0 Å². The van der Waals surface area contributed by atoms with Crippen LogP contribution < -0.4 is 0 Å². The van der Waals surface area contributed by atoms with Crippen molar-refractivity contribution in [3.63, 3.8) is 0 Å². The van der Waals surface area contributed by atoms with Crippen molar-refractivity contribution in [1.29, 1.82) is 0 Å². The molecule has 1 saturated heterocycles. The summed E-state index contributed by atoms with van der Waals surface area (Å²) in [5.41, 5.74) is 0. The highest BCUT2D eigenvalue weighted by atomic mass is 79.9. The zero-order valence-corrected chi connectivity index (χ0v) is 11.0. The van der Waals surface area contributed by atoms with Crippen molar-refractivity contribution < 1.29 is 4.79 Å². The average Bonchev–Trinajstić information content (AvgIpc) is 2.43. The van der Waals surface area contributed by atoms with E-state index in [0.717, 1.165) is 13.0 Å². The summed E-state index contributed by atoms with van der Waals surface area (Å²) in [6, 6.07) is 0.393. The molecule has 0 aromatic heterocycles. The summed E-state index contributed by atoms with van der Waals surface area (Å²) in [4.78, 5) is 14.0. The number of carbonyl (C=O) groups is 1. The molecule has 0 spiro atoms. The van der Waals surface area contributed by atoms with Crippen LogP contribution in [0.4, 0.5) is 0 Å². The van der Waals surface area contributed by atoms with E-state index in [-0.39, 0.29) is 10.7 Å². The van der Waals surface area contributed by atoms with Crippen LogP contribution in [0.3, 0.4) is 0 Å². The van der Waals surface area contributed by atoms with Crippen molar-refractivity contribution in [1.82, 2.24) is 4.90 Å². The molecule has 0 radical (unpaired) electrons. The Morgan fingerprint density at radius 1 is 1.50 bits per heavy atom. The number of halogens is 1. The lowest BCUT2D eigenvalue weighted by molar-refractivity contribution is -0.131. The second-order valence-corrected chi connectivity index (χ2v) is 5.55. The van der Waals surface area contributed by atoms with E-state index in [1.807, 2.05) is 11.8 Å². The van der Waals surface area contributed by atoms with Gasteiger partial charge in [0.2, 0.25) is 5.91 Å². The van der Waals surface area contributed by atoms with E-state index >= 15 is 0 Å². The number of alkyl halides is 1. The second kappa shape index (κ2) is 4.65. The first kappa shape index (κ1) is 12.0. The summed E-state index contributed by atoms with van der Waals surface area (Å²) in [6.45, 7) is 9.57. The van der Waals surface area contributed by atoms with Crippen molar-refractivity contribution in [3.8, 4) is 0 Å². The molecule has 1 rings (SSSR count). The lowest BCUT2D eigenvalue weighted by Crippen LogP contribution is -2.39. The first-order valence-electron chi connectivity index (χ1n) is 5.43. The van der Waals surface area contributed by atoms with Gasteiger partial charge >= 0.3 is 0 Å². The molecule has 1 fully saturated rings. The molecule has 4 unspecified atom stereocenters. The fourth-order valence-electron chi connectivity index (χ4n) is 2.05. The van der Waals surface area contributed by atoms with Crippen LogP contribution in [0, 0.1) is 11.8 Å². The summed E-state index contributed by atoms with van der Waals surface area (Å²) in [5, 5.41) is 0. The maximum atomic E-state index is 12.0. The number of amides is 1. The van der Waals surface area contributed by atoms with Gasteiger partial charge in [-0.2, -0.15) is 0 Å². The summed E-state index contributed by atoms with van der Waals surface area (Å²) in [5.74, 6) is 1.51. The molecule has 0 bridgehead atoms. The Kier molecular flexibility index (Phi) is 3.99. The van der Waals surface area contributed by atoms with Gasteiger partial charge in [0.1, 0.15) is 0 Å². The Labute approximate surface area is 95.2 Å². The van der Waals surface area contributed by atoms with E-state index in [1.165, 1.54) is 0 Å². The normalized spacial score (nSPS) is 34.6. The molecular weight excluding hydrogens is 242 g/mol. The summed E-state index contributed by atoms with van der Waals surface area (Å²) in [7, 11) is 0. The molecule has 0 aromatic rings. The Morgan fingerprint density at radius 2 is 2.07 bits per heavy atom. The van der Waals surface area contributed by atoms with Crippen molar-refractivity contribution in [2.75, 3.05) is 6.54 Å². The SMILES string of the molecule is CCC(Br)C(=O)N1CC(C)C(C)C1C. The van der Waals surface area contributed by atoms with E-state index in [2.05, 4.69) is 36.7 Å². The van der Waals surface area contributed by atoms with Crippen LogP contribution in [-0.4, -0.2) is 28.2 Å². The molecule has 0 N–H and O–H groups in total. The maximum Gasteiger partial charge on any atom is 0.236 e. The first-order chi connectivity index (χ1) is 6.49. The van der Waals surface area contributed by atoms with Crippen LogP contribution in [0.25, 0.3) is 0 Å². The average molecular weight is 262 g/mol. The van der Waals surface area contributed by atoms with Gasteiger partial charge in [0, 0.05) is 12.6 Å². The molecule has 14 heavy (non-hydrogen) atoms. The number of carbonyl (C=O) groups excluding carboxylic acids is 1. The summed E-state index contributed by atoms with van der Waals surface area (Å²) >= 11 is 3.43. The number of nitrogens with zero attached hydrogens (tertiary/aromatic N) is 1. The van der Waals surface area contributed by atoms with Gasteiger partial charge in [-0.3, -0.25) is 4.79 Å². The molecule has 0 aliphatic carbocycles. The topological polar surface area (TPSA) is 20.3 Å². The number of likely N-dealkylation sites (tertiary alicyclic amines) is 1. The lowest BCUT2D eigenvalue weighted by atomic mass is 9.95. The Balaban J connectivity index is 2.66. The van der Waals surface area contributed by atoms with Crippen LogP contribution >= 0.6 is 15.9 Å². The highest BCUT2D eigenvalue weighted by Gasteiger charge is 2.37. The molecule has 0 aromatic carbocycles. The van der Waals surface area contributed by atoms with Crippen molar-refractivity contribution >= 4 is 21.8 Å². The van der Waals surface area contributed by atoms with Crippen LogP contribution in [0.2, 0.25) is 0 Å². The highest BCUT2D eigenvalue weighted by Crippen LogP contribution is 2.30. The predicted octanol–water partition coefficient (Wildman–Crippen LogP) is 2.66. The summed E-state index contributed by atoms with van der Waals surface area (Å²) < 4.78 is 0. The number of hydrogen-bond donors (Lipinski definition) is 0. The number of rotatable bonds is 2. The lowest BCUT2D eigenvalue weighted by Gasteiger charge is -2.25. The predicted molar refractivity (Wildman–Crippen MR) is 62.5 cm³/mol. The number of hydrogen-bond acceptors (Lipinski definition) is 1. The van der Waals surface area contributed by atoms with Gasteiger partial charge in [-0.05, 0) is 25.2 Å². The van der Waals surface area contributed by atoms with Crippen LogP contribution in [-0.2, 0) is 4.79 Å². The van der Waals surface area contributed by atoms with Crippen LogP contribution in [0.1, 0.15) is 34.1 Å². The molecule has 4 atom stereocenters. The highest BCUT2D eigenvalue weighted by molar-refractivity contribution is 9.10. The smallest absolute Gasteiger partial charge is 0.236 e. The Hall–Kier alpha value is -0.0500. The minimum Gasteiger partial charge on any atom is -0.338 e. The molecule has 1 heterocycles. The van der Waals surface area contributed by atoms with Gasteiger partial charge in [-0.1, -0.05) is 36.7 Å². The maximum absolute atomic E-state index is 12.0. The van der Waals surface area contributed by atoms with E-state index < -0.39 is 0 Å². The van der Waals surface area contributed by atoms with Gasteiger partial charge in [-0.15, -0.1) is 0 Å². The second-order valence-electron chi connectivity index (χ2n) is 4.44.